The Morgan fingerprint density at radius 2 is 1.50 bits per heavy atom. The molecule has 2 nitrogen and oxygen atoms in total. The van der Waals surface area contributed by atoms with Crippen molar-refractivity contribution in [3.63, 3.8) is 0 Å². The van der Waals surface area contributed by atoms with Crippen molar-refractivity contribution in [2.75, 3.05) is 0 Å². The molecule has 0 aromatic heterocycles. The molecule has 1 aromatic rings. The lowest BCUT2D eigenvalue weighted by Gasteiger charge is -2.28. The summed E-state index contributed by atoms with van der Waals surface area (Å²) in [5.74, 6) is 0.323. The monoisotopic (exact) mass is 388 g/mol. The minimum atomic E-state index is -0.189. The Hall–Kier alpha value is -1.61. The predicted octanol–water partition coefficient (Wildman–Crippen LogP) is 5.79. The second-order valence-corrected chi connectivity index (χ2v) is 9.12. The molecule has 0 heterocycles. The molecule has 0 amide bonds. The Kier molecular flexibility index (Phi) is 4.96. The smallest absolute Gasteiger partial charge is 0.199 e. The number of carbonyl (C=O) groups is 1. The molecule has 0 unspecified atom stereocenters. The number of rotatable bonds is 1. The highest BCUT2D eigenvalue weighted by atomic mass is 79.9. The van der Waals surface area contributed by atoms with E-state index in [-0.39, 0.29) is 16.6 Å². The first kappa shape index (κ1) is 18.7. The maximum atomic E-state index is 12.3. The zero-order valence-corrected chi connectivity index (χ0v) is 16.8. The van der Waals surface area contributed by atoms with Gasteiger partial charge in [-0.15, -0.1) is 0 Å². The summed E-state index contributed by atoms with van der Waals surface area (Å²) >= 11 is 3.29. The molecule has 1 aliphatic rings. The van der Waals surface area contributed by atoms with E-state index in [1.807, 2.05) is 30.4 Å². The average Bonchev–Trinajstić information content (AvgIpc) is 2.43. The van der Waals surface area contributed by atoms with Crippen molar-refractivity contribution in [3.05, 3.63) is 57.1 Å². The molecular weight excluding hydrogens is 364 g/mol. The second kappa shape index (κ2) is 6.36. The summed E-state index contributed by atoms with van der Waals surface area (Å²) in [6, 6.07) is 3.95. The number of benzene rings is 1. The number of Topliss-reactive ketones (excluding diaryl/α,β-unsaturated/α-hetero) is 1. The van der Waals surface area contributed by atoms with Gasteiger partial charge in [-0.3, -0.25) is 4.79 Å². The molecule has 1 aliphatic carbocycles. The lowest BCUT2D eigenvalue weighted by Crippen LogP contribution is -2.17. The van der Waals surface area contributed by atoms with E-state index in [1.54, 1.807) is 6.08 Å². The molecule has 0 bridgehead atoms. The summed E-state index contributed by atoms with van der Waals surface area (Å²) in [6.07, 6.45) is 7.30. The van der Waals surface area contributed by atoms with E-state index in [2.05, 4.69) is 57.5 Å². The molecule has 1 aromatic carbocycles. The molecule has 0 saturated heterocycles. The van der Waals surface area contributed by atoms with Crippen LogP contribution in [-0.2, 0) is 15.6 Å². The van der Waals surface area contributed by atoms with Crippen molar-refractivity contribution in [2.45, 2.75) is 52.4 Å². The van der Waals surface area contributed by atoms with Gasteiger partial charge in [-0.2, -0.15) is 0 Å². The molecule has 0 atom stereocenters. The van der Waals surface area contributed by atoms with Crippen LogP contribution >= 0.6 is 15.9 Å². The van der Waals surface area contributed by atoms with Crippen molar-refractivity contribution in [2.24, 2.45) is 0 Å². The first-order chi connectivity index (χ1) is 10.9. The molecule has 2 rings (SSSR count). The van der Waals surface area contributed by atoms with Gasteiger partial charge in [-0.05, 0) is 56.6 Å². The SMILES string of the molecule is CC(C)(C)c1cc(/C=C2\C=CC=C(Br)C2=O)cc(C(C)(C)C)c1O. The number of halogens is 1. The summed E-state index contributed by atoms with van der Waals surface area (Å²) in [4.78, 5) is 12.3. The van der Waals surface area contributed by atoms with Gasteiger partial charge < -0.3 is 5.11 Å². The maximum absolute atomic E-state index is 12.3. The van der Waals surface area contributed by atoms with E-state index in [1.165, 1.54) is 0 Å². The minimum absolute atomic E-state index is 0.0276. The van der Waals surface area contributed by atoms with Crippen LogP contribution in [0.3, 0.4) is 0 Å². The van der Waals surface area contributed by atoms with Crippen molar-refractivity contribution >= 4 is 27.8 Å². The lowest BCUT2D eigenvalue weighted by atomic mass is 9.78. The van der Waals surface area contributed by atoms with Crippen LogP contribution in [-0.4, -0.2) is 10.9 Å². The molecule has 0 radical (unpaired) electrons. The van der Waals surface area contributed by atoms with E-state index in [4.69, 9.17) is 0 Å². The summed E-state index contributed by atoms with van der Waals surface area (Å²) in [5, 5.41) is 10.8. The third-order valence-electron chi connectivity index (χ3n) is 4.07. The van der Waals surface area contributed by atoms with E-state index in [0.29, 0.717) is 15.8 Å². The van der Waals surface area contributed by atoms with E-state index >= 15 is 0 Å². The van der Waals surface area contributed by atoms with Gasteiger partial charge in [0.25, 0.3) is 0 Å². The topological polar surface area (TPSA) is 37.3 Å². The normalized spacial score (nSPS) is 17.4. The zero-order chi connectivity index (χ0) is 18.3. The fourth-order valence-corrected chi connectivity index (χ4v) is 3.08. The predicted molar refractivity (Wildman–Crippen MR) is 105 cm³/mol. The molecule has 1 N–H and O–H groups in total. The largest absolute Gasteiger partial charge is 0.507 e. The third-order valence-corrected chi connectivity index (χ3v) is 4.69. The van der Waals surface area contributed by atoms with Crippen LogP contribution in [0, 0.1) is 0 Å². The quantitative estimate of drug-likeness (QED) is 0.618. The summed E-state index contributed by atoms with van der Waals surface area (Å²) in [7, 11) is 0. The zero-order valence-electron chi connectivity index (χ0n) is 15.2. The highest BCUT2D eigenvalue weighted by molar-refractivity contribution is 9.12. The van der Waals surface area contributed by atoms with Gasteiger partial charge in [0.05, 0.1) is 4.48 Å². The minimum Gasteiger partial charge on any atom is -0.507 e. The van der Waals surface area contributed by atoms with Crippen molar-refractivity contribution in [1.82, 2.24) is 0 Å². The van der Waals surface area contributed by atoms with Crippen LogP contribution in [0.5, 0.6) is 5.75 Å². The average molecular weight is 389 g/mol. The molecule has 0 saturated carbocycles. The number of carbonyl (C=O) groups excluding carboxylic acids is 1. The van der Waals surface area contributed by atoms with Crippen LogP contribution in [0.4, 0.5) is 0 Å². The van der Waals surface area contributed by atoms with Crippen LogP contribution in [0.2, 0.25) is 0 Å². The van der Waals surface area contributed by atoms with Crippen LogP contribution in [0.15, 0.2) is 40.4 Å². The fraction of sp³-hybridized carbons (Fsp3) is 0.381. The van der Waals surface area contributed by atoms with E-state index in [0.717, 1.165) is 16.7 Å². The van der Waals surface area contributed by atoms with Crippen molar-refractivity contribution < 1.29 is 9.90 Å². The van der Waals surface area contributed by atoms with Gasteiger partial charge in [0.1, 0.15) is 5.75 Å². The molecular formula is C21H25BrO2. The number of ketones is 1. The molecule has 3 heteroatoms. The Balaban J connectivity index is 2.66. The number of hydrogen-bond donors (Lipinski definition) is 1. The van der Waals surface area contributed by atoms with Crippen LogP contribution in [0.1, 0.15) is 58.2 Å². The number of allylic oxidation sites excluding steroid dienone is 5. The Morgan fingerprint density at radius 1 is 1.00 bits per heavy atom. The van der Waals surface area contributed by atoms with Gasteiger partial charge in [0.2, 0.25) is 0 Å². The number of phenols is 1. The second-order valence-electron chi connectivity index (χ2n) is 8.27. The molecule has 128 valence electrons. The van der Waals surface area contributed by atoms with Gasteiger partial charge >= 0.3 is 0 Å². The highest BCUT2D eigenvalue weighted by Crippen LogP contribution is 2.40. The van der Waals surface area contributed by atoms with E-state index < -0.39 is 0 Å². The van der Waals surface area contributed by atoms with Gasteiger partial charge in [-0.1, -0.05) is 53.7 Å². The van der Waals surface area contributed by atoms with Gasteiger partial charge in [-0.25, -0.2) is 0 Å². The number of hydrogen-bond acceptors (Lipinski definition) is 2. The highest BCUT2D eigenvalue weighted by Gasteiger charge is 2.26. The number of aromatic hydroxyl groups is 1. The summed E-state index contributed by atoms with van der Waals surface area (Å²) in [5.41, 5.74) is 2.97. The van der Waals surface area contributed by atoms with Crippen LogP contribution < -0.4 is 0 Å². The molecule has 0 spiro atoms. The van der Waals surface area contributed by atoms with Gasteiger partial charge in [0, 0.05) is 16.7 Å². The summed E-state index contributed by atoms with van der Waals surface area (Å²) < 4.78 is 0.558. The summed E-state index contributed by atoms with van der Waals surface area (Å²) in [6.45, 7) is 12.5. The van der Waals surface area contributed by atoms with Crippen LogP contribution in [0.25, 0.3) is 6.08 Å². The standard InChI is InChI=1S/C21H25BrO2/c1-20(2,3)15-11-13(12-16(19(15)24)21(4,5)6)10-14-8-7-9-17(22)18(14)23/h7-12,24H,1-6H3/b14-10+. The Bertz CT molecular complexity index is 731. The first-order valence-electron chi connectivity index (χ1n) is 8.09. The van der Waals surface area contributed by atoms with E-state index in [9.17, 15) is 9.90 Å². The molecule has 24 heavy (non-hydrogen) atoms. The third kappa shape index (κ3) is 3.89. The van der Waals surface area contributed by atoms with Gasteiger partial charge in [0.15, 0.2) is 5.78 Å². The Morgan fingerprint density at radius 3 is 1.96 bits per heavy atom. The molecule has 0 aliphatic heterocycles. The Labute approximate surface area is 153 Å². The number of phenolic OH excluding ortho intramolecular Hbond substituents is 1. The van der Waals surface area contributed by atoms with Crippen molar-refractivity contribution in [3.8, 4) is 5.75 Å². The fourth-order valence-electron chi connectivity index (χ4n) is 2.70. The van der Waals surface area contributed by atoms with Crippen molar-refractivity contribution in [1.29, 1.82) is 0 Å². The maximum Gasteiger partial charge on any atom is 0.199 e. The lowest BCUT2D eigenvalue weighted by molar-refractivity contribution is -0.111. The first-order valence-corrected chi connectivity index (χ1v) is 8.89. The molecule has 0 fully saturated rings.